The molecule has 1 aromatic heterocycles. The Hall–Kier alpha value is -3.68. The van der Waals surface area contributed by atoms with Crippen LogP contribution in [0.2, 0.25) is 0 Å². The van der Waals surface area contributed by atoms with E-state index in [-0.39, 0.29) is 11.3 Å². The molecular weight excluding hydrogens is 362 g/mol. The van der Waals surface area contributed by atoms with Gasteiger partial charge in [-0.1, -0.05) is 30.3 Å². The highest BCUT2D eigenvalue weighted by molar-refractivity contribution is 6.03. The van der Waals surface area contributed by atoms with Gasteiger partial charge in [-0.3, -0.25) is 9.59 Å². The van der Waals surface area contributed by atoms with Gasteiger partial charge in [-0.15, -0.1) is 0 Å². The van der Waals surface area contributed by atoms with E-state index in [1.54, 1.807) is 48.5 Å². The number of hydrogen-bond acceptors (Lipinski definition) is 6. The number of rotatable bonds is 5. The molecule has 0 spiro atoms. The number of carbonyl (C=O) groups excluding carboxylic acids is 2. The lowest BCUT2D eigenvalue weighted by molar-refractivity contribution is -0.123. The number of benzene rings is 2. The van der Waals surface area contributed by atoms with Gasteiger partial charge < -0.3 is 14.8 Å². The molecule has 3 aromatic rings. The van der Waals surface area contributed by atoms with Gasteiger partial charge >= 0.3 is 5.97 Å². The highest BCUT2D eigenvalue weighted by Gasteiger charge is 2.23. The molecule has 2 aromatic carbocycles. The van der Waals surface area contributed by atoms with Crippen LogP contribution in [0, 0.1) is 0 Å². The first-order valence-electron chi connectivity index (χ1n) is 8.53. The third-order valence-corrected chi connectivity index (χ3v) is 4.17. The number of esters is 1. The first-order chi connectivity index (χ1) is 13.4. The van der Waals surface area contributed by atoms with E-state index in [4.69, 9.17) is 9.47 Å². The Morgan fingerprint density at radius 1 is 1.07 bits per heavy atom. The van der Waals surface area contributed by atoms with E-state index in [1.165, 1.54) is 21.1 Å². The number of amides is 1. The third kappa shape index (κ3) is 3.71. The molecule has 8 heteroatoms. The molecule has 0 radical (unpaired) electrons. The molecule has 0 saturated carbocycles. The normalized spacial score (nSPS) is 11.7. The van der Waals surface area contributed by atoms with Crippen molar-refractivity contribution in [1.82, 2.24) is 9.78 Å². The highest BCUT2D eigenvalue weighted by Crippen LogP contribution is 2.23. The topological polar surface area (TPSA) is 99.5 Å². The number of nitrogens with one attached hydrogen (secondary N) is 1. The third-order valence-electron chi connectivity index (χ3n) is 4.17. The van der Waals surface area contributed by atoms with Crippen LogP contribution in [0.5, 0.6) is 5.75 Å². The molecule has 0 unspecified atom stereocenters. The minimum absolute atomic E-state index is 0.0327. The summed E-state index contributed by atoms with van der Waals surface area (Å²) < 4.78 is 11.5. The second-order valence-corrected chi connectivity index (χ2v) is 6.06. The number of methoxy groups -OCH3 is 1. The highest BCUT2D eigenvalue weighted by atomic mass is 16.5. The van der Waals surface area contributed by atoms with Gasteiger partial charge in [0.25, 0.3) is 11.5 Å². The van der Waals surface area contributed by atoms with E-state index in [0.29, 0.717) is 22.2 Å². The molecule has 0 aliphatic carbocycles. The van der Waals surface area contributed by atoms with E-state index < -0.39 is 18.0 Å². The summed E-state index contributed by atoms with van der Waals surface area (Å²) >= 11 is 0. The molecule has 1 N–H and O–H groups in total. The molecule has 0 saturated heterocycles. The van der Waals surface area contributed by atoms with Crippen molar-refractivity contribution in [2.45, 2.75) is 13.0 Å². The van der Waals surface area contributed by atoms with Gasteiger partial charge in [0, 0.05) is 12.4 Å². The average molecular weight is 381 g/mol. The standard InChI is InChI=1S/C20H19N3O5/c1-12(18(24)21-15-10-6-7-11-16(15)27-3)28-20(26)17-13-8-4-5-9-14(13)19(25)23(2)22-17/h4-12H,1-3H3,(H,21,24)/t12-/m1/s1. The maximum atomic E-state index is 12.6. The summed E-state index contributed by atoms with van der Waals surface area (Å²) in [6, 6.07) is 13.5. The minimum atomic E-state index is -1.09. The lowest BCUT2D eigenvalue weighted by Crippen LogP contribution is -2.31. The molecule has 0 bridgehead atoms. The van der Waals surface area contributed by atoms with Gasteiger partial charge in [0.15, 0.2) is 11.8 Å². The fourth-order valence-corrected chi connectivity index (χ4v) is 2.70. The number of aryl methyl sites for hydroxylation is 1. The Kier molecular flexibility index (Phi) is 5.39. The molecule has 1 amide bonds. The second kappa shape index (κ2) is 7.91. The molecule has 144 valence electrons. The molecular formula is C20H19N3O5. The number of para-hydroxylation sites is 2. The van der Waals surface area contributed by atoms with Crippen molar-refractivity contribution in [3.8, 4) is 5.75 Å². The van der Waals surface area contributed by atoms with E-state index in [1.807, 2.05) is 0 Å². The van der Waals surface area contributed by atoms with Crippen molar-refractivity contribution in [1.29, 1.82) is 0 Å². The summed E-state index contributed by atoms with van der Waals surface area (Å²) in [6.45, 7) is 1.45. The van der Waals surface area contributed by atoms with Crippen molar-refractivity contribution in [2.75, 3.05) is 12.4 Å². The van der Waals surface area contributed by atoms with E-state index in [2.05, 4.69) is 10.4 Å². The minimum Gasteiger partial charge on any atom is -0.495 e. The molecule has 8 nitrogen and oxygen atoms in total. The molecule has 1 heterocycles. The largest absolute Gasteiger partial charge is 0.495 e. The summed E-state index contributed by atoms with van der Waals surface area (Å²) in [4.78, 5) is 37.2. The van der Waals surface area contributed by atoms with Crippen molar-refractivity contribution in [3.05, 3.63) is 64.6 Å². The van der Waals surface area contributed by atoms with E-state index in [0.717, 1.165) is 4.68 Å². The number of nitrogens with zero attached hydrogens (tertiary/aromatic N) is 2. The van der Waals surface area contributed by atoms with Crippen LogP contribution in [0.1, 0.15) is 17.4 Å². The van der Waals surface area contributed by atoms with Crippen LogP contribution in [0.15, 0.2) is 53.3 Å². The Balaban J connectivity index is 1.81. The molecule has 0 aliphatic heterocycles. The van der Waals surface area contributed by atoms with Crippen LogP contribution in [-0.4, -0.2) is 34.9 Å². The van der Waals surface area contributed by atoms with Gasteiger partial charge in [-0.05, 0) is 25.1 Å². The predicted molar refractivity (Wildman–Crippen MR) is 103 cm³/mol. The second-order valence-electron chi connectivity index (χ2n) is 6.06. The zero-order valence-electron chi connectivity index (χ0n) is 15.6. The Labute approximate surface area is 160 Å². The maximum absolute atomic E-state index is 12.6. The Morgan fingerprint density at radius 2 is 1.71 bits per heavy atom. The lowest BCUT2D eigenvalue weighted by atomic mass is 10.1. The quantitative estimate of drug-likeness (QED) is 0.680. The number of ether oxygens (including phenoxy) is 2. The zero-order chi connectivity index (χ0) is 20.3. The average Bonchev–Trinajstić information content (AvgIpc) is 2.71. The van der Waals surface area contributed by atoms with Crippen LogP contribution in [-0.2, 0) is 16.6 Å². The van der Waals surface area contributed by atoms with Crippen molar-refractivity contribution < 1.29 is 19.1 Å². The molecule has 0 aliphatic rings. The Bertz CT molecular complexity index is 1110. The van der Waals surface area contributed by atoms with Crippen molar-refractivity contribution in [3.63, 3.8) is 0 Å². The number of anilines is 1. The van der Waals surface area contributed by atoms with Crippen molar-refractivity contribution >= 4 is 28.3 Å². The van der Waals surface area contributed by atoms with E-state index >= 15 is 0 Å². The first kappa shape index (κ1) is 19.1. The predicted octanol–water partition coefficient (Wildman–Crippen LogP) is 2.13. The fourth-order valence-electron chi connectivity index (χ4n) is 2.70. The van der Waals surface area contributed by atoms with Crippen LogP contribution < -0.4 is 15.6 Å². The number of carbonyl (C=O) groups is 2. The SMILES string of the molecule is COc1ccccc1NC(=O)[C@@H](C)OC(=O)c1nn(C)c(=O)c2ccccc12. The van der Waals surface area contributed by atoms with Crippen LogP contribution in [0.25, 0.3) is 10.8 Å². The zero-order valence-corrected chi connectivity index (χ0v) is 15.6. The molecule has 28 heavy (non-hydrogen) atoms. The first-order valence-corrected chi connectivity index (χ1v) is 8.53. The summed E-state index contributed by atoms with van der Waals surface area (Å²) in [5.74, 6) is -0.832. The summed E-state index contributed by atoms with van der Waals surface area (Å²) in [5, 5.41) is 7.38. The smallest absolute Gasteiger partial charge is 0.360 e. The maximum Gasteiger partial charge on any atom is 0.360 e. The number of aromatic nitrogens is 2. The number of hydrogen-bond donors (Lipinski definition) is 1. The van der Waals surface area contributed by atoms with Gasteiger partial charge in [0.2, 0.25) is 0 Å². The van der Waals surface area contributed by atoms with Gasteiger partial charge in [0.05, 0.1) is 18.2 Å². The Morgan fingerprint density at radius 3 is 2.43 bits per heavy atom. The molecule has 3 rings (SSSR count). The van der Waals surface area contributed by atoms with E-state index in [9.17, 15) is 14.4 Å². The number of fused-ring (bicyclic) bond motifs is 1. The van der Waals surface area contributed by atoms with Crippen molar-refractivity contribution in [2.24, 2.45) is 7.05 Å². The lowest BCUT2D eigenvalue weighted by Gasteiger charge is -2.15. The summed E-state index contributed by atoms with van der Waals surface area (Å²) in [7, 11) is 2.94. The summed E-state index contributed by atoms with van der Waals surface area (Å²) in [6.07, 6.45) is -1.09. The molecule has 1 atom stereocenters. The summed E-state index contributed by atoms with van der Waals surface area (Å²) in [5.41, 5.74) is 0.104. The van der Waals surface area contributed by atoms with Crippen LogP contribution in [0.3, 0.4) is 0 Å². The monoisotopic (exact) mass is 381 g/mol. The fraction of sp³-hybridized carbons (Fsp3) is 0.200. The van der Waals surface area contributed by atoms with Gasteiger partial charge in [-0.2, -0.15) is 5.10 Å². The van der Waals surface area contributed by atoms with Crippen LogP contribution >= 0.6 is 0 Å². The van der Waals surface area contributed by atoms with Gasteiger partial charge in [0.1, 0.15) is 5.75 Å². The van der Waals surface area contributed by atoms with Gasteiger partial charge in [-0.25, -0.2) is 9.48 Å². The van der Waals surface area contributed by atoms with Crippen LogP contribution in [0.4, 0.5) is 5.69 Å². The molecule has 0 fully saturated rings.